The molecule has 2 N–H and O–H groups in total. The van der Waals surface area contributed by atoms with Crippen LogP contribution < -0.4 is 5.73 Å². The molecule has 0 saturated carbocycles. The van der Waals surface area contributed by atoms with E-state index >= 15 is 0 Å². The minimum absolute atomic E-state index is 0.0738. The van der Waals surface area contributed by atoms with Crippen LogP contribution in [0.25, 0.3) is 11.3 Å². The van der Waals surface area contributed by atoms with Crippen molar-refractivity contribution in [2.24, 2.45) is 0 Å². The molecule has 0 aliphatic carbocycles. The van der Waals surface area contributed by atoms with Crippen LogP contribution in [0.1, 0.15) is 0 Å². The molecule has 0 atom stereocenters. The fourth-order valence-corrected chi connectivity index (χ4v) is 1.38. The van der Waals surface area contributed by atoms with Gasteiger partial charge in [0, 0.05) is 5.56 Å². The molecule has 0 aliphatic rings. The summed E-state index contributed by atoms with van der Waals surface area (Å²) in [5.41, 5.74) is 6.91. The van der Waals surface area contributed by atoms with Crippen LogP contribution in [0.2, 0.25) is 0 Å². The molecule has 16 heavy (non-hydrogen) atoms. The fraction of sp³-hybridized carbons (Fsp3) is 0. The lowest BCUT2D eigenvalue weighted by atomic mass is 10.1. The SMILES string of the molecule is Nc1ccc(-c2ccccc2)nc1[N+](=O)[O-]. The molecule has 0 radical (unpaired) electrons. The second-order valence-corrected chi connectivity index (χ2v) is 3.23. The maximum absolute atomic E-state index is 10.7. The highest BCUT2D eigenvalue weighted by atomic mass is 16.6. The van der Waals surface area contributed by atoms with E-state index in [0.29, 0.717) is 5.69 Å². The third-order valence-electron chi connectivity index (χ3n) is 2.15. The van der Waals surface area contributed by atoms with E-state index in [0.717, 1.165) is 5.56 Å². The first-order valence-corrected chi connectivity index (χ1v) is 4.65. The molecule has 1 heterocycles. The Bertz CT molecular complexity index is 526. The standard InChI is InChI=1S/C11H9N3O2/c12-9-6-7-10(13-11(9)14(15)16)8-4-2-1-3-5-8/h1-7H,12H2. The van der Waals surface area contributed by atoms with E-state index in [-0.39, 0.29) is 11.5 Å². The van der Waals surface area contributed by atoms with Gasteiger partial charge in [-0.1, -0.05) is 30.3 Å². The molecule has 0 fully saturated rings. The maximum atomic E-state index is 10.7. The van der Waals surface area contributed by atoms with Crippen molar-refractivity contribution in [3.05, 3.63) is 52.6 Å². The summed E-state index contributed by atoms with van der Waals surface area (Å²) in [7, 11) is 0. The van der Waals surface area contributed by atoms with E-state index in [1.54, 1.807) is 6.07 Å². The fourth-order valence-electron chi connectivity index (χ4n) is 1.38. The van der Waals surface area contributed by atoms with Crippen LogP contribution >= 0.6 is 0 Å². The van der Waals surface area contributed by atoms with Crippen molar-refractivity contribution in [1.29, 1.82) is 0 Å². The Morgan fingerprint density at radius 2 is 1.81 bits per heavy atom. The van der Waals surface area contributed by atoms with Gasteiger partial charge in [0.25, 0.3) is 0 Å². The highest BCUT2D eigenvalue weighted by molar-refractivity contribution is 5.65. The first-order chi connectivity index (χ1) is 7.68. The number of hydrogen-bond donors (Lipinski definition) is 1. The maximum Gasteiger partial charge on any atom is 0.387 e. The average Bonchev–Trinajstić information content (AvgIpc) is 2.30. The smallest absolute Gasteiger partial charge is 0.387 e. The predicted molar refractivity (Wildman–Crippen MR) is 60.7 cm³/mol. The number of rotatable bonds is 2. The van der Waals surface area contributed by atoms with E-state index in [1.165, 1.54) is 6.07 Å². The van der Waals surface area contributed by atoms with Gasteiger partial charge in [-0.2, -0.15) is 0 Å². The van der Waals surface area contributed by atoms with Crippen molar-refractivity contribution >= 4 is 11.5 Å². The number of nitrogens with zero attached hydrogens (tertiary/aromatic N) is 2. The van der Waals surface area contributed by atoms with Gasteiger partial charge in [-0.05, 0) is 22.0 Å². The molecule has 5 heteroatoms. The quantitative estimate of drug-likeness (QED) is 0.615. The van der Waals surface area contributed by atoms with Gasteiger partial charge in [-0.25, -0.2) is 0 Å². The molecule has 0 unspecified atom stereocenters. The number of nitro groups is 1. The summed E-state index contributed by atoms with van der Waals surface area (Å²) in [5, 5.41) is 10.7. The van der Waals surface area contributed by atoms with Crippen LogP contribution in [-0.4, -0.2) is 9.91 Å². The van der Waals surface area contributed by atoms with Crippen LogP contribution in [0.3, 0.4) is 0 Å². The molecular formula is C11H9N3O2. The van der Waals surface area contributed by atoms with Crippen molar-refractivity contribution in [2.45, 2.75) is 0 Å². The van der Waals surface area contributed by atoms with Gasteiger partial charge in [-0.3, -0.25) is 0 Å². The van der Waals surface area contributed by atoms with Gasteiger partial charge in [-0.15, -0.1) is 0 Å². The summed E-state index contributed by atoms with van der Waals surface area (Å²) in [5.74, 6) is -0.304. The van der Waals surface area contributed by atoms with Crippen LogP contribution in [0.4, 0.5) is 11.5 Å². The number of benzene rings is 1. The van der Waals surface area contributed by atoms with Gasteiger partial charge < -0.3 is 15.8 Å². The zero-order valence-electron chi connectivity index (χ0n) is 8.33. The molecule has 0 aliphatic heterocycles. The third-order valence-corrected chi connectivity index (χ3v) is 2.15. The number of aromatic nitrogens is 1. The van der Waals surface area contributed by atoms with Crippen molar-refractivity contribution in [3.63, 3.8) is 0 Å². The normalized spacial score (nSPS) is 10.0. The summed E-state index contributed by atoms with van der Waals surface area (Å²) in [6.45, 7) is 0. The number of hydrogen-bond acceptors (Lipinski definition) is 4. The molecule has 1 aromatic carbocycles. The Hall–Kier alpha value is -2.43. The number of nitrogens with two attached hydrogens (primary N) is 1. The zero-order chi connectivity index (χ0) is 11.5. The van der Waals surface area contributed by atoms with Crippen LogP contribution in [0.15, 0.2) is 42.5 Å². The van der Waals surface area contributed by atoms with Crippen LogP contribution in [0, 0.1) is 10.1 Å². The molecule has 0 saturated heterocycles. The lowest BCUT2D eigenvalue weighted by molar-refractivity contribution is -0.388. The average molecular weight is 215 g/mol. The van der Waals surface area contributed by atoms with Gasteiger partial charge in [0.2, 0.25) is 0 Å². The predicted octanol–water partition coefficient (Wildman–Crippen LogP) is 2.24. The molecule has 5 nitrogen and oxygen atoms in total. The minimum atomic E-state index is -0.582. The highest BCUT2D eigenvalue weighted by Crippen LogP contribution is 2.24. The minimum Gasteiger partial charge on any atom is -0.392 e. The molecule has 0 amide bonds. The largest absolute Gasteiger partial charge is 0.392 e. The number of anilines is 1. The van der Waals surface area contributed by atoms with Gasteiger partial charge in [0.1, 0.15) is 5.69 Å². The zero-order valence-corrected chi connectivity index (χ0v) is 8.33. The molecule has 0 spiro atoms. The molecule has 1 aromatic heterocycles. The van der Waals surface area contributed by atoms with E-state index in [2.05, 4.69) is 4.98 Å². The Balaban J connectivity index is 2.52. The van der Waals surface area contributed by atoms with Gasteiger partial charge in [0.05, 0.1) is 0 Å². The summed E-state index contributed by atoms with van der Waals surface area (Å²) >= 11 is 0. The third kappa shape index (κ3) is 1.83. The van der Waals surface area contributed by atoms with Crippen LogP contribution in [0.5, 0.6) is 0 Å². The van der Waals surface area contributed by atoms with E-state index < -0.39 is 4.92 Å². The molecule has 2 aromatic rings. The highest BCUT2D eigenvalue weighted by Gasteiger charge is 2.15. The molecule has 0 bridgehead atoms. The van der Waals surface area contributed by atoms with Crippen molar-refractivity contribution < 1.29 is 4.92 Å². The van der Waals surface area contributed by atoms with Crippen molar-refractivity contribution in [2.75, 3.05) is 5.73 Å². The van der Waals surface area contributed by atoms with Crippen molar-refractivity contribution in [3.8, 4) is 11.3 Å². The van der Waals surface area contributed by atoms with E-state index in [9.17, 15) is 10.1 Å². The first-order valence-electron chi connectivity index (χ1n) is 4.65. The lowest BCUT2D eigenvalue weighted by Gasteiger charge is -1.99. The molecular weight excluding hydrogens is 206 g/mol. The van der Waals surface area contributed by atoms with E-state index in [1.807, 2.05) is 30.3 Å². The topological polar surface area (TPSA) is 82.0 Å². The summed E-state index contributed by atoms with van der Waals surface area (Å²) in [4.78, 5) is 14.0. The summed E-state index contributed by atoms with van der Waals surface area (Å²) in [6.07, 6.45) is 0. The van der Waals surface area contributed by atoms with Gasteiger partial charge in [0.15, 0.2) is 5.69 Å². The van der Waals surface area contributed by atoms with Gasteiger partial charge >= 0.3 is 5.82 Å². The van der Waals surface area contributed by atoms with Crippen LogP contribution in [-0.2, 0) is 0 Å². The Morgan fingerprint density at radius 3 is 2.44 bits per heavy atom. The molecule has 2 rings (SSSR count). The van der Waals surface area contributed by atoms with E-state index in [4.69, 9.17) is 5.73 Å². The van der Waals surface area contributed by atoms with Crippen molar-refractivity contribution in [1.82, 2.24) is 4.98 Å². The second-order valence-electron chi connectivity index (χ2n) is 3.23. The summed E-state index contributed by atoms with van der Waals surface area (Å²) < 4.78 is 0. The first kappa shape index (κ1) is 10.1. The number of pyridine rings is 1. The lowest BCUT2D eigenvalue weighted by Crippen LogP contribution is -1.99. The monoisotopic (exact) mass is 215 g/mol. The Kier molecular flexibility index (Phi) is 2.51. The summed E-state index contributed by atoms with van der Waals surface area (Å²) in [6, 6.07) is 12.4. The number of nitrogen functional groups attached to an aromatic ring is 1. The molecule has 80 valence electrons. The second kappa shape index (κ2) is 3.98. The Morgan fingerprint density at radius 1 is 1.12 bits per heavy atom. The Labute approximate surface area is 91.7 Å².